The summed E-state index contributed by atoms with van der Waals surface area (Å²) in [5.41, 5.74) is 9.49. The summed E-state index contributed by atoms with van der Waals surface area (Å²) < 4.78 is 4.86. The van der Waals surface area contributed by atoms with E-state index in [0.29, 0.717) is 41.3 Å². The molecule has 0 bridgehead atoms. The molecule has 6 aromatic carbocycles. The maximum absolute atomic E-state index is 12.0. The second kappa shape index (κ2) is 22.2. The van der Waals surface area contributed by atoms with Gasteiger partial charge in [0.2, 0.25) is 0 Å². The maximum Gasteiger partial charge on any atom is 0.338 e. The van der Waals surface area contributed by atoms with Gasteiger partial charge in [-0.3, -0.25) is 0 Å². The highest BCUT2D eigenvalue weighted by Gasteiger charge is 2.20. The van der Waals surface area contributed by atoms with Gasteiger partial charge in [-0.2, -0.15) is 0 Å². The lowest BCUT2D eigenvalue weighted by atomic mass is 9.90. The van der Waals surface area contributed by atoms with Gasteiger partial charge in [-0.25, -0.2) is 14.8 Å². The van der Waals surface area contributed by atoms with Crippen LogP contribution in [-0.4, -0.2) is 38.4 Å². The smallest absolute Gasteiger partial charge is 0.338 e. The van der Waals surface area contributed by atoms with Gasteiger partial charge in [0.15, 0.2) is 0 Å². The minimum absolute atomic E-state index is 0.364. The Morgan fingerprint density at radius 1 is 0.591 bits per heavy atom. The summed E-state index contributed by atoms with van der Waals surface area (Å²) in [6, 6.07) is 50.2. The molecule has 0 unspecified atom stereocenters. The first-order valence-electron chi connectivity index (χ1n) is 21.8. The van der Waals surface area contributed by atoms with Gasteiger partial charge in [0.05, 0.1) is 52.9 Å². The third-order valence-electron chi connectivity index (χ3n) is 11.3. The highest BCUT2D eigenvalue weighted by Crippen LogP contribution is 2.28. The molecule has 9 heteroatoms. The molecular weight excluding hydrogens is 864 g/mol. The second-order valence-electron chi connectivity index (χ2n) is 16.6. The molecule has 0 amide bonds. The van der Waals surface area contributed by atoms with Crippen LogP contribution in [0.3, 0.4) is 0 Å². The number of esters is 1. The fraction of sp³-hybridized carbons (Fsp3) is 0.175. The van der Waals surface area contributed by atoms with Crippen LogP contribution in [0.25, 0.3) is 46.1 Å². The zero-order valence-electron chi connectivity index (χ0n) is 37.1. The fourth-order valence-electron chi connectivity index (χ4n) is 7.80. The number of aliphatic hydroxyl groups excluding tert-OH is 2. The SMILES string of the molecule is CC(C)(O)c1ccccc1CC[C@@H](O)c1cccc(/C=C/c2ccc3ccc(Cl)cc3n2)c1.COC(=O)c1ccccc1CC[C@@H](O)c1cccc(/C=C/c2ccc3ccc(Cl)cc3n2)c1. The molecular formula is C57H52Cl2N2O5. The molecule has 2 aromatic heterocycles. The Bertz CT molecular complexity index is 3010. The summed E-state index contributed by atoms with van der Waals surface area (Å²) in [7, 11) is 1.37. The number of aliphatic hydroxyl groups is 3. The molecule has 2 heterocycles. The number of hydrogen-bond acceptors (Lipinski definition) is 7. The quantitative estimate of drug-likeness (QED) is 0.0931. The first-order valence-corrected chi connectivity index (χ1v) is 22.6. The van der Waals surface area contributed by atoms with Crippen LogP contribution in [0.4, 0.5) is 0 Å². The standard InChI is InChI=1S/C29H28ClNO2.C28H24ClNO3/c1-29(2,33)26-9-4-3-7-21(26)13-17-28(32)23-8-5-6-20(18-23)10-15-25-16-12-22-11-14-24(30)19-27(22)31-25;1-33-28(32)25-8-3-2-6-20(25)12-16-27(31)22-7-4-5-19(17-22)9-14-24-15-11-21-10-13-23(29)18-26(21)30-24/h3-12,14-16,18-19,28,32-33H,13,17H2,1-2H3;2-11,13-15,17-18,27,31H,12,16H2,1H3/b15-10+;14-9+/t28-;27-/m11/s1. The minimum atomic E-state index is -0.908. The Morgan fingerprint density at radius 2 is 1.06 bits per heavy atom. The molecule has 0 radical (unpaired) electrons. The first kappa shape index (κ1) is 47.5. The van der Waals surface area contributed by atoms with Gasteiger partial charge in [0.1, 0.15) is 0 Å². The minimum Gasteiger partial charge on any atom is -0.465 e. The van der Waals surface area contributed by atoms with Gasteiger partial charge in [-0.05, 0) is 145 Å². The molecule has 334 valence electrons. The number of methoxy groups -OCH3 is 1. The van der Waals surface area contributed by atoms with Gasteiger partial charge in [0, 0.05) is 20.8 Å². The molecule has 3 N–H and O–H groups in total. The van der Waals surface area contributed by atoms with Crippen LogP contribution >= 0.6 is 23.2 Å². The van der Waals surface area contributed by atoms with E-state index in [9.17, 15) is 20.1 Å². The number of aromatic nitrogens is 2. The van der Waals surface area contributed by atoms with E-state index in [1.54, 1.807) is 26.0 Å². The van der Waals surface area contributed by atoms with Crippen LogP contribution in [0.2, 0.25) is 10.0 Å². The summed E-state index contributed by atoms with van der Waals surface area (Å²) in [5, 5.41) is 35.4. The molecule has 0 fully saturated rings. The van der Waals surface area contributed by atoms with E-state index < -0.39 is 17.8 Å². The predicted octanol–water partition coefficient (Wildman–Crippen LogP) is 13.5. The van der Waals surface area contributed by atoms with Crippen molar-refractivity contribution in [2.75, 3.05) is 7.11 Å². The largest absolute Gasteiger partial charge is 0.465 e. The number of ether oxygens (including phenoxy) is 1. The van der Waals surface area contributed by atoms with Crippen molar-refractivity contribution >= 4 is 75.3 Å². The molecule has 0 aliphatic carbocycles. The van der Waals surface area contributed by atoms with E-state index in [2.05, 4.69) is 9.97 Å². The highest BCUT2D eigenvalue weighted by atomic mass is 35.5. The fourth-order valence-corrected chi connectivity index (χ4v) is 8.13. The monoisotopic (exact) mass is 914 g/mol. The third kappa shape index (κ3) is 12.9. The molecule has 7 nitrogen and oxygen atoms in total. The number of nitrogens with zero attached hydrogens (tertiary/aromatic N) is 2. The normalized spacial score (nSPS) is 12.6. The lowest BCUT2D eigenvalue weighted by molar-refractivity contribution is 0.0598. The van der Waals surface area contributed by atoms with Crippen LogP contribution in [0.15, 0.2) is 158 Å². The molecule has 0 aliphatic heterocycles. The van der Waals surface area contributed by atoms with Crippen LogP contribution in [-0.2, 0) is 23.2 Å². The Labute approximate surface area is 396 Å². The van der Waals surface area contributed by atoms with Crippen molar-refractivity contribution in [2.24, 2.45) is 0 Å². The number of pyridine rings is 2. The number of halogens is 2. The van der Waals surface area contributed by atoms with Gasteiger partial charge >= 0.3 is 5.97 Å². The second-order valence-corrected chi connectivity index (χ2v) is 17.5. The summed E-state index contributed by atoms with van der Waals surface area (Å²) >= 11 is 12.2. The molecule has 66 heavy (non-hydrogen) atoms. The predicted molar refractivity (Wildman–Crippen MR) is 270 cm³/mol. The lowest BCUT2D eigenvalue weighted by Crippen LogP contribution is -2.18. The summed E-state index contributed by atoms with van der Waals surface area (Å²) in [4.78, 5) is 21.3. The van der Waals surface area contributed by atoms with Crippen molar-refractivity contribution in [1.82, 2.24) is 9.97 Å². The number of rotatable bonds is 14. The molecule has 8 aromatic rings. The van der Waals surface area contributed by atoms with Gasteiger partial charge in [-0.1, -0.05) is 138 Å². The van der Waals surface area contributed by atoms with E-state index in [-0.39, 0.29) is 5.97 Å². The Morgan fingerprint density at radius 3 is 1.58 bits per heavy atom. The summed E-state index contributed by atoms with van der Waals surface area (Å²) in [5.74, 6) is -0.364. The lowest BCUT2D eigenvalue weighted by Gasteiger charge is -2.22. The van der Waals surface area contributed by atoms with E-state index >= 15 is 0 Å². The number of hydrogen-bond donors (Lipinski definition) is 3. The number of fused-ring (bicyclic) bond motifs is 2. The molecule has 2 atom stereocenters. The molecule has 0 aliphatic rings. The van der Waals surface area contributed by atoms with Crippen molar-refractivity contribution in [3.05, 3.63) is 224 Å². The number of carbonyl (C=O) groups is 1. The zero-order valence-corrected chi connectivity index (χ0v) is 38.6. The van der Waals surface area contributed by atoms with Crippen LogP contribution in [0, 0.1) is 0 Å². The zero-order chi connectivity index (χ0) is 46.6. The van der Waals surface area contributed by atoms with Crippen molar-refractivity contribution in [2.45, 2.75) is 57.3 Å². The van der Waals surface area contributed by atoms with Crippen molar-refractivity contribution in [1.29, 1.82) is 0 Å². The van der Waals surface area contributed by atoms with Gasteiger partial charge in [-0.15, -0.1) is 0 Å². The van der Waals surface area contributed by atoms with Crippen molar-refractivity contribution in [3.8, 4) is 0 Å². The molecule has 8 rings (SSSR count). The van der Waals surface area contributed by atoms with Gasteiger partial charge < -0.3 is 20.1 Å². The Kier molecular flexibility index (Phi) is 16.0. The van der Waals surface area contributed by atoms with Crippen molar-refractivity contribution < 1.29 is 24.9 Å². The van der Waals surface area contributed by atoms with Crippen LogP contribution < -0.4 is 0 Å². The number of aryl methyl sites for hydroxylation is 2. The topological polar surface area (TPSA) is 113 Å². The molecule has 0 spiro atoms. The Balaban J connectivity index is 0.000000196. The van der Waals surface area contributed by atoms with Crippen LogP contribution in [0.5, 0.6) is 0 Å². The Hall–Kier alpha value is -6.45. The highest BCUT2D eigenvalue weighted by molar-refractivity contribution is 6.31. The summed E-state index contributed by atoms with van der Waals surface area (Å²) in [6.07, 6.45) is 8.96. The van der Waals surface area contributed by atoms with E-state index in [1.807, 2.05) is 170 Å². The number of benzene rings is 6. The average Bonchev–Trinajstić information content (AvgIpc) is 3.33. The molecule has 0 saturated carbocycles. The molecule has 0 saturated heterocycles. The van der Waals surface area contributed by atoms with Crippen molar-refractivity contribution in [3.63, 3.8) is 0 Å². The maximum atomic E-state index is 12.0. The average molecular weight is 916 g/mol. The third-order valence-corrected chi connectivity index (χ3v) is 11.8. The van der Waals surface area contributed by atoms with E-state index in [4.69, 9.17) is 27.9 Å². The summed E-state index contributed by atoms with van der Waals surface area (Å²) in [6.45, 7) is 3.58. The van der Waals surface area contributed by atoms with Crippen LogP contribution in [0.1, 0.15) is 99.6 Å². The first-order chi connectivity index (χ1) is 31.8. The van der Waals surface area contributed by atoms with E-state index in [0.717, 1.165) is 72.1 Å². The van der Waals surface area contributed by atoms with Gasteiger partial charge in [0.25, 0.3) is 0 Å². The number of carbonyl (C=O) groups excluding carboxylic acids is 1. The van der Waals surface area contributed by atoms with E-state index in [1.165, 1.54) is 7.11 Å².